The number of amides is 1. The molecule has 0 unspecified atom stereocenters. The third kappa shape index (κ3) is 5.73. The number of hydrogen-bond acceptors (Lipinski definition) is 7. The molecule has 0 saturated carbocycles. The average molecular weight is 579 g/mol. The molecule has 0 atom stereocenters. The number of aromatic amines is 1. The molecule has 2 N–H and O–H groups in total. The second-order valence-electron chi connectivity index (χ2n) is 8.30. The summed E-state index contributed by atoms with van der Waals surface area (Å²) < 4.78 is 13.0. The van der Waals surface area contributed by atoms with Crippen LogP contribution in [-0.4, -0.2) is 40.1 Å². The largest absolute Gasteiger partial charge is 0.496 e. The Hall–Kier alpha value is -4.51. The van der Waals surface area contributed by atoms with Gasteiger partial charge in [-0.25, -0.2) is 4.79 Å². The van der Waals surface area contributed by atoms with Crippen LogP contribution in [0.2, 0.25) is 0 Å². The molecule has 0 bridgehead atoms. The molecule has 0 aliphatic heterocycles. The van der Waals surface area contributed by atoms with Crippen LogP contribution < -0.4 is 26.0 Å². The molecule has 1 aromatic heterocycles. The lowest BCUT2D eigenvalue weighted by Crippen LogP contribution is -2.40. The van der Waals surface area contributed by atoms with Crippen LogP contribution in [0.1, 0.15) is 32.0 Å². The van der Waals surface area contributed by atoms with Crippen molar-refractivity contribution in [3.05, 3.63) is 108 Å². The average Bonchev–Trinajstić information content (AvgIpc) is 2.89. The molecule has 0 fully saturated rings. The van der Waals surface area contributed by atoms with Crippen molar-refractivity contribution in [2.45, 2.75) is 13.8 Å². The van der Waals surface area contributed by atoms with Gasteiger partial charge in [0.25, 0.3) is 11.5 Å². The minimum absolute atomic E-state index is 0.318. The molecule has 0 spiro atoms. The second kappa shape index (κ2) is 11.3. The molecule has 0 saturated heterocycles. The number of hydrogen-bond donors (Lipinski definition) is 2. The van der Waals surface area contributed by atoms with E-state index in [0.717, 1.165) is 9.15 Å². The number of aryl methyl sites for hydroxylation is 2. The van der Waals surface area contributed by atoms with E-state index in [1.165, 1.54) is 0 Å². The van der Waals surface area contributed by atoms with Gasteiger partial charge in [-0.05, 0) is 71.2 Å². The van der Waals surface area contributed by atoms with E-state index in [-0.39, 0.29) is 12.3 Å². The summed E-state index contributed by atoms with van der Waals surface area (Å²) in [5, 5.41) is 6.38. The number of carbonyl (C=O) groups is 2. The first-order valence-corrected chi connectivity index (χ1v) is 12.2. The first-order valence-electron chi connectivity index (χ1n) is 11.4. The molecule has 0 aliphatic rings. The van der Waals surface area contributed by atoms with Crippen LogP contribution in [0.4, 0.5) is 0 Å². The van der Waals surface area contributed by atoms with Crippen molar-refractivity contribution in [2.75, 3.05) is 13.7 Å². The van der Waals surface area contributed by atoms with Crippen LogP contribution in [0, 0.1) is 13.8 Å². The third-order valence-electron chi connectivity index (χ3n) is 5.58. The Balaban J connectivity index is 1.59. The molecule has 4 rings (SSSR count). The number of halogens is 1. The predicted octanol–water partition coefficient (Wildman–Crippen LogP) is 3.71. The molecule has 194 valence electrons. The van der Waals surface area contributed by atoms with Gasteiger partial charge in [0.05, 0.1) is 23.8 Å². The molecular weight excluding hydrogens is 556 g/mol. The predicted molar refractivity (Wildman–Crippen MR) is 144 cm³/mol. The maximum absolute atomic E-state index is 12.7. The van der Waals surface area contributed by atoms with Crippen molar-refractivity contribution in [2.24, 2.45) is 0 Å². The van der Waals surface area contributed by atoms with Crippen molar-refractivity contribution in [3.63, 3.8) is 0 Å². The lowest BCUT2D eigenvalue weighted by atomic mass is 10.1. The Labute approximate surface area is 225 Å². The number of Topliss-reactive ketones (excluding diaryl/α,β-unsaturated/α-hetero) is 1. The summed E-state index contributed by atoms with van der Waals surface area (Å²) in [6.07, 6.45) is 0. The molecular formula is C27H23BrN4O6. The normalized spacial score (nSPS) is 10.6. The molecule has 0 radical (unpaired) electrons. The van der Waals surface area contributed by atoms with E-state index in [0.29, 0.717) is 39.6 Å². The summed E-state index contributed by atoms with van der Waals surface area (Å²) in [6, 6.07) is 17.0. The summed E-state index contributed by atoms with van der Waals surface area (Å²) >= 11 is 3.43. The summed E-state index contributed by atoms with van der Waals surface area (Å²) in [5.74, 6) is 0.576. The van der Waals surface area contributed by atoms with E-state index < -0.39 is 22.9 Å². The molecule has 0 aliphatic carbocycles. The Kier molecular flexibility index (Phi) is 7.87. The number of H-pyrrole nitrogens is 1. The van der Waals surface area contributed by atoms with Crippen molar-refractivity contribution < 1.29 is 19.1 Å². The number of carbonyl (C=O) groups excluding carboxylic acids is 2. The van der Waals surface area contributed by atoms with Crippen LogP contribution in [0.15, 0.2) is 74.7 Å². The number of ether oxygens (including phenoxy) is 2. The van der Waals surface area contributed by atoms with Crippen LogP contribution in [-0.2, 0) is 0 Å². The molecule has 11 heteroatoms. The van der Waals surface area contributed by atoms with Gasteiger partial charge < -0.3 is 14.8 Å². The van der Waals surface area contributed by atoms with Crippen molar-refractivity contribution in [1.29, 1.82) is 0 Å². The molecule has 3 aromatic carbocycles. The smallest absolute Gasteiger partial charge is 0.349 e. The maximum Gasteiger partial charge on any atom is 0.349 e. The van der Waals surface area contributed by atoms with Gasteiger partial charge in [-0.1, -0.05) is 30.3 Å². The summed E-state index contributed by atoms with van der Waals surface area (Å²) in [4.78, 5) is 52.0. The van der Waals surface area contributed by atoms with Gasteiger partial charge in [0, 0.05) is 5.56 Å². The monoisotopic (exact) mass is 578 g/mol. The highest BCUT2D eigenvalue weighted by molar-refractivity contribution is 9.10. The van der Waals surface area contributed by atoms with Gasteiger partial charge >= 0.3 is 5.69 Å². The fraction of sp³-hybridized carbons (Fsp3) is 0.148. The van der Waals surface area contributed by atoms with Crippen LogP contribution in [0.25, 0.3) is 5.69 Å². The molecule has 4 aromatic rings. The second-order valence-corrected chi connectivity index (χ2v) is 9.15. The van der Waals surface area contributed by atoms with Gasteiger partial charge in [-0.2, -0.15) is 9.78 Å². The lowest BCUT2D eigenvalue weighted by molar-refractivity contribution is 0.0898. The Morgan fingerprint density at radius 3 is 2.34 bits per heavy atom. The zero-order chi connectivity index (χ0) is 27.4. The SMILES string of the molecule is COc1ccc(Oc2c(C)cc(-n3nc(C(=O)NCC(=O)c4ccccc4)c(=O)[nH]c3=O)cc2C)cc1Br. The topological polar surface area (TPSA) is 132 Å². The highest BCUT2D eigenvalue weighted by Gasteiger charge is 2.19. The van der Waals surface area contributed by atoms with Crippen LogP contribution in [0.5, 0.6) is 17.2 Å². The van der Waals surface area contributed by atoms with E-state index in [1.54, 1.807) is 81.6 Å². The number of nitrogens with zero attached hydrogens (tertiary/aromatic N) is 2. The maximum atomic E-state index is 12.7. The van der Waals surface area contributed by atoms with Gasteiger partial charge in [0.1, 0.15) is 17.2 Å². The fourth-order valence-corrected chi connectivity index (χ4v) is 4.25. The Morgan fingerprint density at radius 2 is 1.71 bits per heavy atom. The number of methoxy groups -OCH3 is 1. The number of benzene rings is 3. The van der Waals surface area contributed by atoms with Crippen molar-refractivity contribution in [3.8, 4) is 22.9 Å². The van der Waals surface area contributed by atoms with Crippen molar-refractivity contribution in [1.82, 2.24) is 20.1 Å². The van der Waals surface area contributed by atoms with Crippen molar-refractivity contribution >= 4 is 27.6 Å². The van der Waals surface area contributed by atoms with Gasteiger partial charge in [-0.3, -0.25) is 19.4 Å². The van der Waals surface area contributed by atoms with E-state index in [1.807, 2.05) is 0 Å². The van der Waals surface area contributed by atoms with Gasteiger partial charge in [0.15, 0.2) is 5.78 Å². The van der Waals surface area contributed by atoms with Gasteiger partial charge in [-0.15, -0.1) is 0 Å². The minimum Gasteiger partial charge on any atom is -0.496 e. The minimum atomic E-state index is -0.964. The summed E-state index contributed by atoms with van der Waals surface area (Å²) in [7, 11) is 1.57. The number of rotatable bonds is 8. The summed E-state index contributed by atoms with van der Waals surface area (Å²) in [5.41, 5.74) is -0.233. The fourth-order valence-electron chi connectivity index (χ4n) is 3.73. The zero-order valence-corrected chi connectivity index (χ0v) is 22.3. The zero-order valence-electron chi connectivity index (χ0n) is 20.7. The molecule has 10 nitrogen and oxygen atoms in total. The number of ketones is 1. The van der Waals surface area contributed by atoms with E-state index in [2.05, 4.69) is 31.3 Å². The first-order chi connectivity index (χ1) is 18.2. The number of aromatic nitrogens is 3. The Bertz CT molecular complexity index is 1620. The third-order valence-corrected chi connectivity index (χ3v) is 6.20. The molecule has 1 amide bonds. The molecule has 38 heavy (non-hydrogen) atoms. The lowest BCUT2D eigenvalue weighted by Gasteiger charge is -2.15. The van der Waals surface area contributed by atoms with Crippen LogP contribution in [0.3, 0.4) is 0 Å². The van der Waals surface area contributed by atoms with E-state index in [9.17, 15) is 19.2 Å². The van der Waals surface area contributed by atoms with Crippen LogP contribution >= 0.6 is 15.9 Å². The van der Waals surface area contributed by atoms with E-state index >= 15 is 0 Å². The number of nitrogens with one attached hydrogen (secondary N) is 2. The highest BCUT2D eigenvalue weighted by atomic mass is 79.9. The Morgan fingerprint density at radius 1 is 1.03 bits per heavy atom. The standard InChI is InChI=1S/C27H23BrN4O6/c1-15-11-18(12-16(2)24(15)38-19-9-10-22(37-3)20(28)13-19)32-27(36)30-26(35)23(31-32)25(34)29-14-21(33)17-7-5-4-6-8-17/h4-13H,14H2,1-3H3,(H,29,34)(H,30,35,36). The first kappa shape index (κ1) is 26.6. The quantitative estimate of drug-likeness (QED) is 0.304. The van der Waals surface area contributed by atoms with E-state index in [4.69, 9.17) is 9.47 Å². The highest BCUT2D eigenvalue weighted by Crippen LogP contribution is 2.34. The summed E-state index contributed by atoms with van der Waals surface area (Å²) in [6.45, 7) is 3.25. The molecule has 1 heterocycles. The van der Waals surface area contributed by atoms with Gasteiger partial charge in [0.2, 0.25) is 5.69 Å².